The van der Waals surface area contributed by atoms with Crippen molar-refractivity contribution < 1.29 is 9.47 Å². The highest BCUT2D eigenvalue weighted by Crippen LogP contribution is 2.20. The average molecular weight is 448 g/mol. The summed E-state index contributed by atoms with van der Waals surface area (Å²) in [6.45, 7) is 5.58. The van der Waals surface area contributed by atoms with Crippen LogP contribution in [0.25, 0.3) is 0 Å². The van der Waals surface area contributed by atoms with Gasteiger partial charge >= 0.3 is 0 Å². The molecule has 1 fully saturated rings. The first-order valence-electron chi connectivity index (χ1n) is 8.12. The second-order valence-corrected chi connectivity index (χ2v) is 5.49. The van der Waals surface area contributed by atoms with Crippen LogP contribution in [-0.2, 0) is 4.74 Å². The molecule has 1 aliphatic rings. The van der Waals surface area contributed by atoms with Gasteiger partial charge in [0.25, 0.3) is 0 Å². The van der Waals surface area contributed by atoms with Gasteiger partial charge in [-0.05, 0) is 30.7 Å². The van der Waals surface area contributed by atoms with Crippen LogP contribution >= 0.6 is 24.0 Å². The van der Waals surface area contributed by atoms with E-state index in [0.717, 1.165) is 57.5 Å². The summed E-state index contributed by atoms with van der Waals surface area (Å²) >= 11 is 0. The summed E-state index contributed by atoms with van der Waals surface area (Å²) in [6, 6.07) is 8.26. The third-order valence-corrected chi connectivity index (χ3v) is 4.04. The molecule has 1 aromatic carbocycles. The van der Waals surface area contributed by atoms with Gasteiger partial charge in [0.05, 0.1) is 7.11 Å². The lowest BCUT2D eigenvalue weighted by Gasteiger charge is -2.37. The highest BCUT2D eigenvalue weighted by molar-refractivity contribution is 14.0. The second kappa shape index (κ2) is 11.4. The van der Waals surface area contributed by atoms with Crippen molar-refractivity contribution >= 4 is 35.6 Å². The molecule has 1 heterocycles. The maximum absolute atomic E-state index is 5.21. The number of piperazine rings is 1. The summed E-state index contributed by atoms with van der Waals surface area (Å²) < 4.78 is 10.3. The van der Waals surface area contributed by atoms with Gasteiger partial charge in [-0.2, -0.15) is 0 Å². The Balaban J connectivity index is 0.00000288. The first kappa shape index (κ1) is 20.8. The Labute approximate surface area is 162 Å². The summed E-state index contributed by atoms with van der Waals surface area (Å²) in [5, 5.41) is 3.40. The number of halogens is 1. The molecule has 1 N–H and O–H groups in total. The van der Waals surface area contributed by atoms with Crippen LogP contribution in [0.1, 0.15) is 6.42 Å². The van der Waals surface area contributed by atoms with E-state index in [-0.39, 0.29) is 24.0 Å². The van der Waals surface area contributed by atoms with Crippen LogP contribution in [0.2, 0.25) is 0 Å². The number of rotatable bonds is 6. The van der Waals surface area contributed by atoms with Crippen LogP contribution in [0.3, 0.4) is 0 Å². The Kier molecular flexibility index (Phi) is 9.85. The molecule has 0 aliphatic carbocycles. The van der Waals surface area contributed by atoms with Crippen LogP contribution in [0.5, 0.6) is 5.75 Å². The maximum Gasteiger partial charge on any atom is 0.193 e. The van der Waals surface area contributed by atoms with E-state index in [1.54, 1.807) is 14.2 Å². The fraction of sp³-hybridized carbons (Fsp3) is 0.588. The van der Waals surface area contributed by atoms with Gasteiger partial charge < -0.3 is 24.6 Å². The van der Waals surface area contributed by atoms with Crippen LogP contribution in [-0.4, -0.2) is 71.5 Å². The van der Waals surface area contributed by atoms with E-state index in [1.807, 2.05) is 19.2 Å². The zero-order valence-electron chi connectivity index (χ0n) is 14.8. The lowest BCUT2D eigenvalue weighted by molar-refractivity contribution is 0.195. The molecule has 7 heteroatoms. The van der Waals surface area contributed by atoms with E-state index in [2.05, 4.69) is 32.2 Å². The van der Waals surface area contributed by atoms with Crippen molar-refractivity contribution in [2.24, 2.45) is 4.99 Å². The fourth-order valence-corrected chi connectivity index (χ4v) is 2.72. The quantitative estimate of drug-likeness (QED) is 0.313. The maximum atomic E-state index is 5.21. The van der Waals surface area contributed by atoms with Crippen LogP contribution in [0.4, 0.5) is 5.69 Å². The molecule has 0 bridgehead atoms. The largest absolute Gasteiger partial charge is 0.497 e. The SMILES string of the molecule is CN=C(NCCCOC)N1CCN(c2ccc(OC)cc2)CC1.I. The number of ether oxygens (including phenoxy) is 2. The molecule has 0 unspecified atom stereocenters. The minimum Gasteiger partial charge on any atom is -0.497 e. The molecule has 1 aromatic rings. The molecule has 0 atom stereocenters. The fourth-order valence-electron chi connectivity index (χ4n) is 2.72. The molecule has 0 aromatic heterocycles. The van der Waals surface area contributed by atoms with Crippen LogP contribution in [0, 0.1) is 0 Å². The van der Waals surface area contributed by atoms with Crippen LogP contribution in [0.15, 0.2) is 29.3 Å². The lowest BCUT2D eigenvalue weighted by Crippen LogP contribution is -2.52. The summed E-state index contributed by atoms with van der Waals surface area (Å²) in [6.07, 6.45) is 0.987. The molecule has 0 amide bonds. The van der Waals surface area contributed by atoms with Crippen molar-refractivity contribution in [1.29, 1.82) is 0 Å². The molecular formula is C17H29IN4O2. The Morgan fingerprint density at radius 2 is 1.79 bits per heavy atom. The zero-order valence-corrected chi connectivity index (χ0v) is 17.2. The van der Waals surface area contributed by atoms with Gasteiger partial charge in [0, 0.05) is 59.2 Å². The molecule has 24 heavy (non-hydrogen) atoms. The molecule has 0 spiro atoms. The van der Waals surface area contributed by atoms with Gasteiger partial charge in [0.15, 0.2) is 5.96 Å². The number of nitrogens with zero attached hydrogens (tertiary/aromatic N) is 3. The van der Waals surface area contributed by atoms with Crippen molar-refractivity contribution in [3.05, 3.63) is 24.3 Å². The standard InChI is InChI=1S/C17H28N4O2.HI/c1-18-17(19-9-4-14-22-2)21-12-10-20(11-13-21)15-5-7-16(23-3)8-6-15;/h5-8H,4,9-14H2,1-3H3,(H,18,19);1H. The highest BCUT2D eigenvalue weighted by atomic mass is 127. The number of guanidine groups is 1. The molecule has 6 nitrogen and oxygen atoms in total. The Morgan fingerprint density at radius 3 is 2.33 bits per heavy atom. The molecule has 0 radical (unpaired) electrons. The Hall–Kier alpha value is -1.22. The number of hydrogen-bond acceptors (Lipinski definition) is 4. The first-order chi connectivity index (χ1) is 11.3. The van der Waals surface area contributed by atoms with Gasteiger partial charge in [0.2, 0.25) is 0 Å². The Bertz CT molecular complexity index is 488. The molecular weight excluding hydrogens is 419 g/mol. The van der Waals surface area contributed by atoms with E-state index in [4.69, 9.17) is 9.47 Å². The van der Waals surface area contributed by atoms with E-state index in [0.29, 0.717) is 0 Å². The normalized spacial score (nSPS) is 15.0. The number of methoxy groups -OCH3 is 2. The highest BCUT2D eigenvalue weighted by Gasteiger charge is 2.19. The van der Waals surface area contributed by atoms with E-state index in [1.165, 1.54) is 5.69 Å². The summed E-state index contributed by atoms with van der Waals surface area (Å²) in [7, 11) is 5.26. The smallest absolute Gasteiger partial charge is 0.193 e. The van der Waals surface area contributed by atoms with Crippen molar-refractivity contribution in [2.45, 2.75) is 6.42 Å². The third-order valence-electron chi connectivity index (χ3n) is 4.04. The van der Waals surface area contributed by atoms with Gasteiger partial charge in [-0.3, -0.25) is 4.99 Å². The lowest BCUT2D eigenvalue weighted by atomic mass is 10.2. The molecule has 1 saturated heterocycles. The van der Waals surface area contributed by atoms with Gasteiger partial charge in [-0.25, -0.2) is 0 Å². The monoisotopic (exact) mass is 448 g/mol. The van der Waals surface area contributed by atoms with Gasteiger partial charge in [-0.1, -0.05) is 0 Å². The van der Waals surface area contributed by atoms with Crippen molar-refractivity contribution in [3.63, 3.8) is 0 Å². The van der Waals surface area contributed by atoms with E-state index >= 15 is 0 Å². The summed E-state index contributed by atoms with van der Waals surface area (Å²) in [5.41, 5.74) is 1.24. The predicted molar refractivity (Wildman–Crippen MR) is 110 cm³/mol. The van der Waals surface area contributed by atoms with Gasteiger partial charge in [-0.15, -0.1) is 24.0 Å². The molecule has 2 rings (SSSR count). The number of aliphatic imine (C=N–C) groups is 1. The second-order valence-electron chi connectivity index (χ2n) is 5.49. The molecule has 1 aliphatic heterocycles. The van der Waals surface area contributed by atoms with Crippen molar-refractivity contribution in [2.75, 3.05) is 65.5 Å². The number of anilines is 1. The minimum atomic E-state index is 0. The average Bonchev–Trinajstić information content (AvgIpc) is 2.62. The molecule has 0 saturated carbocycles. The van der Waals surface area contributed by atoms with Gasteiger partial charge in [0.1, 0.15) is 5.75 Å². The minimum absolute atomic E-state index is 0. The summed E-state index contributed by atoms with van der Waals surface area (Å²) in [5.74, 6) is 1.88. The topological polar surface area (TPSA) is 49.3 Å². The first-order valence-corrected chi connectivity index (χ1v) is 8.12. The number of nitrogens with one attached hydrogen (secondary N) is 1. The number of hydrogen-bond donors (Lipinski definition) is 1. The predicted octanol–water partition coefficient (Wildman–Crippen LogP) is 2.05. The van der Waals surface area contributed by atoms with Crippen molar-refractivity contribution in [1.82, 2.24) is 10.2 Å². The van der Waals surface area contributed by atoms with Crippen molar-refractivity contribution in [3.8, 4) is 5.75 Å². The molecule has 136 valence electrons. The zero-order chi connectivity index (χ0) is 16.5. The Morgan fingerprint density at radius 1 is 1.12 bits per heavy atom. The summed E-state index contributed by atoms with van der Waals surface area (Å²) in [4.78, 5) is 9.09. The van der Waals surface area contributed by atoms with Crippen LogP contribution < -0.4 is 15.0 Å². The van der Waals surface area contributed by atoms with E-state index in [9.17, 15) is 0 Å². The van der Waals surface area contributed by atoms with E-state index < -0.39 is 0 Å². The number of benzene rings is 1. The third kappa shape index (κ3) is 6.01.